The molecule has 0 saturated carbocycles. The lowest BCUT2D eigenvalue weighted by molar-refractivity contribution is 0.0790. The first-order valence-corrected chi connectivity index (χ1v) is 8.74. The summed E-state index contributed by atoms with van der Waals surface area (Å²) in [5, 5.41) is 3.23. The molecular formula is C20H22N6O. The fourth-order valence-electron chi connectivity index (χ4n) is 2.61. The zero-order chi connectivity index (χ0) is 19.1. The van der Waals surface area contributed by atoms with Crippen LogP contribution < -0.4 is 5.32 Å². The second-order valence-corrected chi connectivity index (χ2v) is 6.23. The molecule has 0 aliphatic carbocycles. The van der Waals surface area contributed by atoms with Crippen LogP contribution in [0.3, 0.4) is 0 Å². The van der Waals surface area contributed by atoms with Crippen molar-refractivity contribution in [3.63, 3.8) is 0 Å². The minimum Gasteiger partial charge on any atom is -0.366 e. The normalized spacial score (nSPS) is 10.4. The molecule has 3 aromatic heterocycles. The van der Waals surface area contributed by atoms with E-state index < -0.39 is 0 Å². The molecule has 0 spiro atoms. The molecule has 1 amide bonds. The monoisotopic (exact) mass is 362 g/mol. The van der Waals surface area contributed by atoms with Crippen LogP contribution in [0.5, 0.6) is 0 Å². The smallest absolute Gasteiger partial charge is 0.272 e. The number of pyridine rings is 2. The molecule has 1 N–H and O–H groups in total. The Kier molecular flexibility index (Phi) is 6.04. The number of carbonyl (C=O) groups excluding carboxylic acids is 1. The Morgan fingerprint density at radius 3 is 2.63 bits per heavy atom. The van der Waals surface area contributed by atoms with Crippen molar-refractivity contribution < 1.29 is 4.79 Å². The number of amides is 1. The van der Waals surface area contributed by atoms with Crippen molar-refractivity contribution >= 4 is 11.7 Å². The van der Waals surface area contributed by atoms with Crippen molar-refractivity contribution in [3.8, 4) is 0 Å². The molecule has 0 fully saturated rings. The van der Waals surface area contributed by atoms with Crippen LogP contribution in [0.1, 0.15) is 27.4 Å². The summed E-state index contributed by atoms with van der Waals surface area (Å²) in [6.45, 7) is 2.96. The number of hydrogen-bond donors (Lipinski definition) is 1. The van der Waals surface area contributed by atoms with Gasteiger partial charge in [-0.05, 0) is 42.7 Å². The number of nitrogens with zero attached hydrogens (tertiary/aromatic N) is 5. The second kappa shape index (κ2) is 8.84. The van der Waals surface area contributed by atoms with Gasteiger partial charge in [-0.15, -0.1) is 0 Å². The van der Waals surface area contributed by atoms with Crippen LogP contribution in [0.2, 0.25) is 0 Å². The average molecular weight is 362 g/mol. The minimum atomic E-state index is -0.126. The van der Waals surface area contributed by atoms with Gasteiger partial charge in [0, 0.05) is 51.0 Å². The largest absolute Gasteiger partial charge is 0.366 e. The fraction of sp³-hybridized carbons (Fsp3) is 0.250. The van der Waals surface area contributed by atoms with Crippen LogP contribution in [0, 0.1) is 6.92 Å². The predicted molar refractivity (Wildman–Crippen MR) is 103 cm³/mol. The maximum absolute atomic E-state index is 12.7. The third kappa shape index (κ3) is 5.31. The highest BCUT2D eigenvalue weighted by atomic mass is 16.2. The van der Waals surface area contributed by atoms with Gasteiger partial charge in [0.2, 0.25) is 0 Å². The zero-order valence-corrected chi connectivity index (χ0v) is 15.5. The Morgan fingerprint density at radius 2 is 1.89 bits per heavy atom. The number of likely N-dealkylation sites (N-methyl/N-ethyl adjacent to an activating group) is 1. The molecule has 7 nitrogen and oxygen atoms in total. The number of anilines is 1. The van der Waals surface area contributed by atoms with E-state index in [1.165, 1.54) is 0 Å². The number of aromatic nitrogens is 4. The molecule has 0 unspecified atom stereocenters. The van der Waals surface area contributed by atoms with Crippen molar-refractivity contribution in [2.75, 3.05) is 18.9 Å². The molecule has 3 aromatic rings. The lowest BCUT2D eigenvalue weighted by Crippen LogP contribution is -2.30. The Hall–Kier alpha value is -3.35. The van der Waals surface area contributed by atoms with Crippen LogP contribution in [0.4, 0.5) is 5.82 Å². The van der Waals surface area contributed by atoms with E-state index in [4.69, 9.17) is 0 Å². The Bertz CT molecular complexity index is 885. The van der Waals surface area contributed by atoms with Crippen molar-refractivity contribution in [3.05, 3.63) is 77.8 Å². The molecule has 0 radical (unpaired) electrons. The maximum atomic E-state index is 12.7. The maximum Gasteiger partial charge on any atom is 0.272 e. The van der Waals surface area contributed by atoms with Gasteiger partial charge in [0.1, 0.15) is 17.3 Å². The molecule has 0 saturated heterocycles. The summed E-state index contributed by atoms with van der Waals surface area (Å²) in [5.41, 5.74) is 2.56. The highest BCUT2D eigenvalue weighted by Gasteiger charge is 2.15. The number of aryl methyl sites for hydroxylation is 1. The summed E-state index contributed by atoms with van der Waals surface area (Å²) in [4.78, 5) is 31.2. The first-order chi connectivity index (χ1) is 13.1. The highest BCUT2D eigenvalue weighted by molar-refractivity contribution is 5.92. The van der Waals surface area contributed by atoms with Gasteiger partial charge in [-0.1, -0.05) is 6.07 Å². The molecule has 7 heteroatoms. The number of hydrogen-bond acceptors (Lipinski definition) is 6. The molecule has 0 bridgehead atoms. The van der Waals surface area contributed by atoms with Crippen molar-refractivity contribution in [2.45, 2.75) is 19.9 Å². The van der Waals surface area contributed by atoms with Gasteiger partial charge in [0.15, 0.2) is 0 Å². The van der Waals surface area contributed by atoms with E-state index in [1.807, 2.05) is 24.3 Å². The topological polar surface area (TPSA) is 83.9 Å². The van der Waals surface area contributed by atoms with E-state index >= 15 is 0 Å². The summed E-state index contributed by atoms with van der Waals surface area (Å²) >= 11 is 0. The highest BCUT2D eigenvalue weighted by Crippen LogP contribution is 2.11. The quantitative estimate of drug-likeness (QED) is 0.695. The Labute approximate surface area is 158 Å². The Morgan fingerprint density at radius 1 is 1.07 bits per heavy atom. The van der Waals surface area contributed by atoms with Crippen molar-refractivity contribution in [1.82, 2.24) is 24.8 Å². The molecule has 0 aliphatic heterocycles. The number of nitrogens with one attached hydrogen (secondary N) is 1. The predicted octanol–water partition coefficient (Wildman–Crippen LogP) is 2.50. The van der Waals surface area contributed by atoms with Gasteiger partial charge in [-0.25, -0.2) is 9.97 Å². The van der Waals surface area contributed by atoms with E-state index in [1.54, 1.807) is 49.7 Å². The van der Waals surface area contributed by atoms with E-state index in [2.05, 4.69) is 25.3 Å². The SMILES string of the molecule is Cc1nc(NCc2cccnc2)cc(C(=O)N(C)CCc2ccncc2)n1. The molecular weight excluding hydrogens is 340 g/mol. The van der Waals surface area contributed by atoms with E-state index in [0.717, 1.165) is 17.5 Å². The summed E-state index contributed by atoms with van der Waals surface area (Å²) in [5.74, 6) is 1.05. The molecule has 0 aromatic carbocycles. The summed E-state index contributed by atoms with van der Waals surface area (Å²) < 4.78 is 0. The van der Waals surface area contributed by atoms with Crippen LogP contribution in [-0.4, -0.2) is 44.3 Å². The third-order valence-corrected chi connectivity index (χ3v) is 4.09. The summed E-state index contributed by atoms with van der Waals surface area (Å²) in [6.07, 6.45) is 7.80. The second-order valence-electron chi connectivity index (χ2n) is 6.23. The lowest BCUT2D eigenvalue weighted by atomic mass is 10.2. The van der Waals surface area contributed by atoms with Gasteiger partial charge in [-0.2, -0.15) is 0 Å². The van der Waals surface area contributed by atoms with Gasteiger partial charge >= 0.3 is 0 Å². The number of carbonyl (C=O) groups is 1. The van der Waals surface area contributed by atoms with E-state index in [0.29, 0.717) is 30.4 Å². The average Bonchev–Trinajstić information content (AvgIpc) is 2.71. The van der Waals surface area contributed by atoms with Crippen LogP contribution in [0.15, 0.2) is 55.1 Å². The molecule has 3 rings (SSSR count). The molecule has 3 heterocycles. The third-order valence-electron chi connectivity index (χ3n) is 4.09. The van der Waals surface area contributed by atoms with Crippen molar-refractivity contribution in [1.29, 1.82) is 0 Å². The first-order valence-electron chi connectivity index (χ1n) is 8.74. The zero-order valence-electron chi connectivity index (χ0n) is 15.5. The van der Waals surface area contributed by atoms with Crippen LogP contribution in [-0.2, 0) is 13.0 Å². The molecule has 138 valence electrons. The van der Waals surface area contributed by atoms with E-state index in [9.17, 15) is 4.79 Å². The molecule has 0 aliphatic rings. The van der Waals surface area contributed by atoms with Crippen molar-refractivity contribution in [2.24, 2.45) is 0 Å². The molecule has 27 heavy (non-hydrogen) atoms. The first kappa shape index (κ1) is 18.4. The summed E-state index contributed by atoms with van der Waals surface area (Å²) in [7, 11) is 1.78. The minimum absolute atomic E-state index is 0.126. The molecule has 0 atom stereocenters. The Balaban J connectivity index is 1.64. The van der Waals surface area contributed by atoms with Gasteiger partial charge in [0.25, 0.3) is 5.91 Å². The van der Waals surface area contributed by atoms with Crippen LogP contribution >= 0.6 is 0 Å². The van der Waals surface area contributed by atoms with Gasteiger partial charge in [0.05, 0.1) is 0 Å². The van der Waals surface area contributed by atoms with E-state index in [-0.39, 0.29) is 5.91 Å². The fourth-order valence-corrected chi connectivity index (χ4v) is 2.61. The number of rotatable bonds is 7. The lowest BCUT2D eigenvalue weighted by Gasteiger charge is -2.17. The van der Waals surface area contributed by atoms with Gasteiger partial charge in [-0.3, -0.25) is 14.8 Å². The van der Waals surface area contributed by atoms with Crippen LogP contribution in [0.25, 0.3) is 0 Å². The summed E-state index contributed by atoms with van der Waals surface area (Å²) in [6, 6.07) is 9.46. The standard InChI is InChI=1S/C20H22N6O/c1-15-24-18(12-19(25-15)23-14-17-4-3-8-22-13-17)20(27)26(2)11-7-16-5-9-21-10-6-16/h3-6,8-10,12-13H,7,11,14H2,1-2H3,(H,23,24,25). The van der Waals surface area contributed by atoms with Gasteiger partial charge < -0.3 is 10.2 Å².